The van der Waals surface area contributed by atoms with Crippen molar-refractivity contribution in [2.45, 2.75) is 70.3 Å². The summed E-state index contributed by atoms with van der Waals surface area (Å²) in [6, 6.07) is 8.16. The van der Waals surface area contributed by atoms with Crippen molar-refractivity contribution in [1.82, 2.24) is 4.90 Å². The maximum Gasteiger partial charge on any atom is 0.320 e. The van der Waals surface area contributed by atoms with Crippen LogP contribution in [0.5, 0.6) is 0 Å². The Morgan fingerprint density at radius 3 is 2.36 bits per heavy atom. The molecule has 1 aromatic carbocycles. The van der Waals surface area contributed by atoms with Gasteiger partial charge in [-0.05, 0) is 62.1 Å². The van der Waals surface area contributed by atoms with Gasteiger partial charge in [-0.3, -0.25) is 14.5 Å². The lowest BCUT2D eigenvalue weighted by molar-refractivity contribution is -0.145. The summed E-state index contributed by atoms with van der Waals surface area (Å²) >= 11 is 0. The number of carboxylic acids is 1. The second-order valence-electron chi connectivity index (χ2n) is 8.89. The standard InChI is InChI=1S/C23H32N2O3/c1-2-3-4-20(21(26)27)24-14-11-23(12-15-24)13-16-25(22(23)28)19-9-7-18(8-10-19)17-5-6-17/h7-10,17,20H,2-6,11-16H2,1H3,(H,26,27)/t20-/m1/s1. The van der Waals surface area contributed by atoms with Crippen molar-refractivity contribution in [3.63, 3.8) is 0 Å². The Bertz CT molecular complexity index is 718. The summed E-state index contributed by atoms with van der Waals surface area (Å²) in [4.78, 5) is 29.0. The Morgan fingerprint density at radius 1 is 1.14 bits per heavy atom. The van der Waals surface area contributed by atoms with Crippen LogP contribution in [0.15, 0.2) is 24.3 Å². The molecule has 2 aliphatic heterocycles. The number of carbonyl (C=O) groups excluding carboxylic acids is 1. The van der Waals surface area contributed by atoms with E-state index in [9.17, 15) is 14.7 Å². The number of hydrogen-bond acceptors (Lipinski definition) is 3. The van der Waals surface area contributed by atoms with Gasteiger partial charge in [-0.25, -0.2) is 0 Å². The van der Waals surface area contributed by atoms with Gasteiger partial charge in [0.1, 0.15) is 6.04 Å². The second-order valence-corrected chi connectivity index (χ2v) is 8.89. The maximum absolute atomic E-state index is 13.3. The molecule has 3 fully saturated rings. The molecule has 0 aromatic heterocycles. The predicted molar refractivity (Wildman–Crippen MR) is 110 cm³/mol. The quantitative estimate of drug-likeness (QED) is 0.771. The van der Waals surface area contributed by atoms with Gasteiger partial charge in [-0.1, -0.05) is 31.9 Å². The van der Waals surface area contributed by atoms with Crippen molar-refractivity contribution in [2.24, 2.45) is 5.41 Å². The summed E-state index contributed by atoms with van der Waals surface area (Å²) in [5, 5.41) is 9.60. The number of likely N-dealkylation sites (tertiary alicyclic amines) is 1. The molecule has 152 valence electrons. The third-order valence-electron chi connectivity index (χ3n) is 7.08. The molecule has 0 bridgehead atoms. The minimum Gasteiger partial charge on any atom is -0.480 e. The first-order valence-electron chi connectivity index (χ1n) is 10.9. The van der Waals surface area contributed by atoms with Crippen molar-refractivity contribution in [3.05, 3.63) is 29.8 Å². The van der Waals surface area contributed by atoms with Crippen LogP contribution >= 0.6 is 0 Å². The summed E-state index contributed by atoms with van der Waals surface area (Å²) < 4.78 is 0. The van der Waals surface area contributed by atoms with Crippen molar-refractivity contribution < 1.29 is 14.7 Å². The number of unbranched alkanes of at least 4 members (excludes halogenated alkanes) is 1. The zero-order chi connectivity index (χ0) is 19.7. The highest BCUT2D eigenvalue weighted by Crippen LogP contribution is 2.44. The molecule has 1 saturated carbocycles. The van der Waals surface area contributed by atoms with Gasteiger partial charge in [0, 0.05) is 25.3 Å². The number of rotatable bonds is 7. The minimum atomic E-state index is -0.723. The van der Waals surface area contributed by atoms with E-state index in [-0.39, 0.29) is 11.3 Å². The first-order valence-corrected chi connectivity index (χ1v) is 10.9. The van der Waals surface area contributed by atoms with E-state index in [1.807, 2.05) is 4.90 Å². The number of benzene rings is 1. The van der Waals surface area contributed by atoms with E-state index in [0.29, 0.717) is 19.5 Å². The minimum absolute atomic E-state index is 0.242. The third-order valence-corrected chi connectivity index (χ3v) is 7.08. The average Bonchev–Trinajstić information content (AvgIpc) is 3.50. The largest absolute Gasteiger partial charge is 0.480 e. The molecule has 0 radical (unpaired) electrons. The van der Waals surface area contributed by atoms with E-state index in [1.54, 1.807) is 0 Å². The molecule has 1 amide bonds. The molecule has 1 aromatic rings. The van der Waals surface area contributed by atoms with Crippen molar-refractivity contribution in [3.8, 4) is 0 Å². The van der Waals surface area contributed by atoms with Crippen LogP contribution in [0.1, 0.15) is 69.8 Å². The molecule has 1 aliphatic carbocycles. The normalized spacial score (nSPS) is 23.3. The van der Waals surface area contributed by atoms with Gasteiger partial charge in [0.15, 0.2) is 0 Å². The summed E-state index contributed by atoms with van der Waals surface area (Å²) in [6.45, 7) is 4.29. The van der Waals surface area contributed by atoms with Gasteiger partial charge >= 0.3 is 5.97 Å². The summed E-state index contributed by atoms with van der Waals surface area (Å²) in [7, 11) is 0. The molecule has 4 rings (SSSR count). The van der Waals surface area contributed by atoms with Gasteiger partial charge in [0.25, 0.3) is 0 Å². The number of amides is 1. The first kappa shape index (κ1) is 19.4. The lowest BCUT2D eigenvalue weighted by atomic mass is 9.76. The van der Waals surface area contributed by atoms with E-state index in [1.165, 1.54) is 18.4 Å². The smallest absolute Gasteiger partial charge is 0.320 e. The highest BCUT2D eigenvalue weighted by Gasteiger charge is 2.49. The van der Waals surface area contributed by atoms with E-state index in [4.69, 9.17) is 0 Å². The Labute approximate surface area is 167 Å². The van der Waals surface area contributed by atoms with Gasteiger partial charge in [0.2, 0.25) is 5.91 Å². The van der Waals surface area contributed by atoms with Crippen LogP contribution in [0.2, 0.25) is 0 Å². The molecule has 5 nitrogen and oxygen atoms in total. The molecule has 0 unspecified atom stereocenters. The van der Waals surface area contributed by atoms with E-state index >= 15 is 0 Å². The van der Waals surface area contributed by atoms with Gasteiger partial charge < -0.3 is 10.0 Å². The Kier molecular flexibility index (Phi) is 5.46. The van der Waals surface area contributed by atoms with Crippen LogP contribution < -0.4 is 4.90 Å². The maximum atomic E-state index is 13.3. The van der Waals surface area contributed by atoms with Crippen LogP contribution in [0, 0.1) is 5.41 Å². The summed E-state index contributed by atoms with van der Waals surface area (Å²) in [5.74, 6) is 0.250. The molecular weight excluding hydrogens is 352 g/mol. The van der Waals surface area contributed by atoms with Crippen molar-refractivity contribution in [1.29, 1.82) is 0 Å². The summed E-state index contributed by atoms with van der Waals surface area (Å²) in [5.41, 5.74) is 2.12. The van der Waals surface area contributed by atoms with Crippen molar-refractivity contribution in [2.75, 3.05) is 24.5 Å². The zero-order valence-electron chi connectivity index (χ0n) is 16.9. The molecule has 1 atom stereocenters. The molecule has 5 heteroatoms. The molecule has 2 saturated heterocycles. The van der Waals surface area contributed by atoms with Crippen LogP contribution in [-0.2, 0) is 9.59 Å². The highest BCUT2D eigenvalue weighted by molar-refractivity contribution is 6.00. The monoisotopic (exact) mass is 384 g/mol. The molecule has 28 heavy (non-hydrogen) atoms. The van der Waals surface area contributed by atoms with Crippen LogP contribution in [-0.4, -0.2) is 47.6 Å². The fraction of sp³-hybridized carbons (Fsp3) is 0.652. The topological polar surface area (TPSA) is 60.9 Å². The van der Waals surface area contributed by atoms with E-state index in [2.05, 4.69) is 36.1 Å². The molecule has 1 spiro atoms. The zero-order valence-corrected chi connectivity index (χ0v) is 16.9. The number of carboxylic acid groups (broad SMARTS) is 1. The van der Waals surface area contributed by atoms with Crippen LogP contribution in [0.3, 0.4) is 0 Å². The molecular formula is C23H32N2O3. The fourth-order valence-corrected chi connectivity index (χ4v) is 5.00. The average molecular weight is 385 g/mol. The molecule has 3 aliphatic rings. The number of carbonyl (C=O) groups is 2. The number of anilines is 1. The summed E-state index contributed by atoms with van der Waals surface area (Å²) in [6.07, 6.45) is 7.66. The van der Waals surface area contributed by atoms with Gasteiger partial charge in [-0.15, -0.1) is 0 Å². The lowest BCUT2D eigenvalue weighted by Gasteiger charge is -2.40. The Morgan fingerprint density at radius 2 is 1.79 bits per heavy atom. The fourth-order valence-electron chi connectivity index (χ4n) is 5.00. The number of piperidine rings is 1. The van der Waals surface area contributed by atoms with E-state index < -0.39 is 12.0 Å². The van der Waals surface area contributed by atoms with Gasteiger partial charge in [-0.2, -0.15) is 0 Å². The van der Waals surface area contributed by atoms with Gasteiger partial charge in [0.05, 0.1) is 5.41 Å². The van der Waals surface area contributed by atoms with E-state index in [0.717, 1.165) is 50.3 Å². The Balaban J connectivity index is 1.40. The van der Waals surface area contributed by atoms with Crippen LogP contribution in [0.25, 0.3) is 0 Å². The molecule has 1 N–H and O–H groups in total. The number of hydrogen-bond donors (Lipinski definition) is 1. The number of nitrogens with zero attached hydrogens (tertiary/aromatic N) is 2. The SMILES string of the molecule is CCCC[C@H](C(=O)O)N1CCC2(CCN(c3ccc(C4CC4)cc3)C2=O)CC1. The number of aliphatic carboxylic acids is 1. The third kappa shape index (κ3) is 3.69. The molecule has 2 heterocycles. The lowest BCUT2D eigenvalue weighted by Crippen LogP contribution is -2.50. The Hall–Kier alpha value is -1.88. The predicted octanol–water partition coefficient (Wildman–Crippen LogP) is 4.03. The highest BCUT2D eigenvalue weighted by atomic mass is 16.4. The van der Waals surface area contributed by atoms with Crippen molar-refractivity contribution >= 4 is 17.6 Å². The van der Waals surface area contributed by atoms with Crippen LogP contribution in [0.4, 0.5) is 5.69 Å². The first-order chi connectivity index (χ1) is 13.5. The second kappa shape index (κ2) is 7.86.